The second kappa shape index (κ2) is 9.75. The number of nitrogens with one attached hydrogen (secondary N) is 2. The van der Waals surface area contributed by atoms with Crippen LogP contribution in [0.25, 0.3) is 11.0 Å². The van der Waals surface area contributed by atoms with Crippen LogP contribution in [0.5, 0.6) is 0 Å². The molecule has 0 amide bonds. The Hall–Kier alpha value is -3.19. The molecule has 2 heterocycles. The summed E-state index contributed by atoms with van der Waals surface area (Å²) in [7, 11) is 0. The number of fused-ring (bicyclic) bond motifs is 1. The zero-order valence-electron chi connectivity index (χ0n) is 19.3. The quantitative estimate of drug-likeness (QED) is 0.335. The highest BCUT2D eigenvalue weighted by molar-refractivity contribution is 8.93. The minimum Gasteiger partial charge on any atom is -0.355 e. The van der Waals surface area contributed by atoms with E-state index in [1.54, 1.807) is 4.57 Å². The van der Waals surface area contributed by atoms with Crippen LogP contribution in [-0.2, 0) is 13.1 Å². The van der Waals surface area contributed by atoms with Crippen LogP contribution in [0.4, 0.5) is 0 Å². The number of carbonyl (C=O) groups is 2. The minimum atomic E-state index is -0.153. The van der Waals surface area contributed by atoms with Crippen molar-refractivity contribution in [2.75, 3.05) is 0 Å². The van der Waals surface area contributed by atoms with E-state index < -0.39 is 0 Å². The highest BCUT2D eigenvalue weighted by atomic mass is 79.9. The number of hydrogen-bond donors (Lipinski definition) is 2. The van der Waals surface area contributed by atoms with Crippen LogP contribution in [-0.4, -0.2) is 25.7 Å². The van der Waals surface area contributed by atoms with Crippen LogP contribution in [0.1, 0.15) is 51.5 Å². The zero-order chi connectivity index (χ0) is 23.0. The summed E-state index contributed by atoms with van der Waals surface area (Å²) in [6.07, 6.45) is 0. The van der Waals surface area contributed by atoms with Crippen molar-refractivity contribution in [1.82, 2.24) is 14.1 Å². The molecule has 6 nitrogen and oxygen atoms in total. The molecule has 0 saturated carbocycles. The van der Waals surface area contributed by atoms with Gasteiger partial charge in [-0.1, -0.05) is 56.3 Å². The molecule has 2 aromatic heterocycles. The minimum absolute atomic E-state index is 0. The molecule has 0 radical (unpaired) electrons. The van der Waals surface area contributed by atoms with Crippen molar-refractivity contribution in [2.24, 2.45) is 5.92 Å². The van der Waals surface area contributed by atoms with E-state index in [9.17, 15) is 9.59 Å². The number of halogens is 1. The number of para-hydroxylation sites is 2. The van der Waals surface area contributed by atoms with Crippen LogP contribution in [0.15, 0.2) is 54.6 Å². The van der Waals surface area contributed by atoms with Crippen molar-refractivity contribution in [3.05, 3.63) is 88.3 Å². The predicted molar refractivity (Wildman–Crippen MR) is 135 cm³/mol. The monoisotopic (exact) mass is 508 g/mol. The first-order valence-electron chi connectivity index (χ1n) is 10.8. The third-order valence-electron chi connectivity index (χ3n) is 5.95. The van der Waals surface area contributed by atoms with Crippen molar-refractivity contribution < 1.29 is 9.59 Å². The summed E-state index contributed by atoms with van der Waals surface area (Å²) < 4.78 is 3.67. The number of aryl methyl sites for hydroxylation is 1. The Morgan fingerprint density at radius 2 is 1.52 bits per heavy atom. The largest absolute Gasteiger partial charge is 0.355 e. The Labute approximate surface area is 203 Å². The van der Waals surface area contributed by atoms with Gasteiger partial charge in [-0.2, -0.15) is 0 Å². The van der Waals surface area contributed by atoms with Gasteiger partial charge in [-0.25, -0.2) is 0 Å². The third kappa shape index (κ3) is 4.50. The lowest BCUT2D eigenvalue weighted by Crippen LogP contribution is -2.28. The van der Waals surface area contributed by atoms with E-state index in [1.807, 2.05) is 86.9 Å². The number of benzene rings is 2. The van der Waals surface area contributed by atoms with Crippen molar-refractivity contribution in [2.45, 2.75) is 40.8 Å². The normalized spacial score (nSPS) is 11.1. The number of rotatable bonds is 7. The van der Waals surface area contributed by atoms with Gasteiger partial charge in [0.25, 0.3) is 0 Å². The average Bonchev–Trinajstić information content (AvgIpc) is 3.22. The van der Waals surface area contributed by atoms with E-state index in [1.165, 1.54) is 0 Å². The van der Waals surface area contributed by atoms with Gasteiger partial charge in [0, 0.05) is 17.2 Å². The first-order valence-corrected chi connectivity index (χ1v) is 10.8. The molecule has 0 atom stereocenters. The van der Waals surface area contributed by atoms with E-state index in [4.69, 9.17) is 5.41 Å². The molecule has 0 aliphatic carbocycles. The fraction of sp³-hybridized carbons (Fsp3) is 0.269. The number of aromatic nitrogens is 3. The molecule has 0 aliphatic heterocycles. The molecular weight excluding hydrogens is 480 g/mol. The lowest BCUT2D eigenvalue weighted by atomic mass is 10.00. The van der Waals surface area contributed by atoms with Gasteiger partial charge in [0.15, 0.2) is 11.6 Å². The van der Waals surface area contributed by atoms with Crippen molar-refractivity contribution >= 4 is 39.6 Å². The number of hydrogen-bond acceptors (Lipinski definition) is 3. The predicted octanol–water partition coefficient (Wildman–Crippen LogP) is 5.22. The number of aromatic amines is 1. The second-order valence-electron chi connectivity index (χ2n) is 8.54. The van der Waals surface area contributed by atoms with Crippen LogP contribution in [0, 0.1) is 25.2 Å². The molecule has 172 valence electrons. The molecular formula is C26H29BrN4O2. The highest BCUT2D eigenvalue weighted by Gasteiger charge is 2.24. The Morgan fingerprint density at radius 3 is 2.12 bits per heavy atom. The Morgan fingerprint density at radius 1 is 0.939 bits per heavy atom. The van der Waals surface area contributed by atoms with Gasteiger partial charge >= 0.3 is 0 Å². The first kappa shape index (κ1) is 24.5. The molecule has 0 bridgehead atoms. The number of nitrogens with zero attached hydrogens (tertiary/aromatic N) is 2. The fourth-order valence-electron chi connectivity index (χ4n) is 4.31. The molecule has 2 aromatic carbocycles. The zero-order valence-corrected chi connectivity index (χ0v) is 21.0. The van der Waals surface area contributed by atoms with Gasteiger partial charge < -0.3 is 14.1 Å². The summed E-state index contributed by atoms with van der Waals surface area (Å²) in [5.41, 5.74) is 5.54. The van der Waals surface area contributed by atoms with Crippen LogP contribution < -0.4 is 5.62 Å². The summed E-state index contributed by atoms with van der Waals surface area (Å²) in [4.78, 5) is 29.0. The molecule has 0 saturated heterocycles. The molecule has 33 heavy (non-hydrogen) atoms. The number of ketones is 2. The van der Waals surface area contributed by atoms with Gasteiger partial charge in [-0.05, 0) is 37.1 Å². The van der Waals surface area contributed by atoms with Gasteiger partial charge in [0.05, 0.1) is 29.8 Å². The van der Waals surface area contributed by atoms with E-state index >= 15 is 0 Å². The Balaban J connectivity index is 0.00000306. The third-order valence-corrected chi connectivity index (χ3v) is 5.95. The molecule has 4 rings (SSSR count). The number of carbonyl (C=O) groups excluding carboxylic acids is 2. The summed E-state index contributed by atoms with van der Waals surface area (Å²) in [6, 6.07) is 17.8. The summed E-state index contributed by atoms with van der Waals surface area (Å²) in [6.45, 7) is 7.93. The summed E-state index contributed by atoms with van der Waals surface area (Å²) >= 11 is 0. The molecule has 0 unspecified atom stereocenters. The van der Waals surface area contributed by atoms with Crippen molar-refractivity contribution in [3.63, 3.8) is 0 Å². The van der Waals surface area contributed by atoms with Crippen LogP contribution in [0.2, 0.25) is 0 Å². The molecule has 2 N–H and O–H groups in total. The van der Waals surface area contributed by atoms with E-state index in [0.29, 0.717) is 29.1 Å². The lowest BCUT2D eigenvalue weighted by Gasteiger charge is -2.07. The van der Waals surface area contributed by atoms with Gasteiger partial charge in [0.2, 0.25) is 5.62 Å². The number of Topliss-reactive ketones (excluding diaryl/α,β-unsaturated/α-hetero) is 2. The topological polar surface area (TPSA) is 83.6 Å². The smallest absolute Gasteiger partial charge is 0.203 e. The summed E-state index contributed by atoms with van der Waals surface area (Å²) in [5, 5.41) is 8.83. The molecule has 0 fully saturated rings. The van der Waals surface area contributed by atoms with Gasteiger partial charge in [0.1, 0.15) is 0 Å². The highest BCUT2D eigenvalue weighted by Crippen LogP contribution is 2.22. The standard InChI is InChI=1S/C26H28N4O2.BrH/c1-16(2)25(32)24-17(3)23(18(4)28-24)22(31)15-30-21-13-9-8-12-20(21)29(26(30)27)14-19-10-6-5-7-11-19;/h5-13,16,27-28H,14-15H2,1-4H3;1H. The second-order valence-corrected chi connectivity index (χ2v) is 8.54. The van der Waals surface area contributed by atoms with E-state index in [2.05, 4.69) is 4.98 Å². The Kier molecular flexibility index (Phi) is 7.22. The lowest BCUT2D eigenvalue weighted by molar-refractivity contribution is 0.0934. The van der Waals surface area contributed by atoms with Crippen molar-refractivity contribution in [3.8, 4) is 0 Å². The molecule has 7 heteroatoms. The average molecular weight is 509 g/mol. The SMILES string of the molecule is Br.Cc1[nH]c(C(=O)C(C)C)c(C)c1C(=O)Cn1c(=N)n(Cc2ccccc2)c2ccccc21. The molecule has 4 aromatic rings. The van der Waals surface area contributed by atoms with Gasteiger partial charge in [-0.3, -0.25) is 15.0 Å². The number of H-pyrrole nitrogens is 1. The first-order chi connectivity index (χ1) is 15.3. The van der Waals surface area contributed by atoms with Crippen LogP contribution in [0.3, 0.4) is 0 Å². The summed E-state index contributed by atoms with van der Waals surface area (Å²) in [5.74, 6) is -0.266. The fourth-order valence-corrected chi connectivity index (χ4v) is 4.31. The number of imidazole rings is 1. The van der Waals surface area contributed by atoms with Gasteiger partial charge in [-0.15, -0.1) is 17.0 Å². The maximum absolute atomic E-state index is 13.4. The molecule has 0 spiro atoms. The van der Waals surface area contributed by atoms with Crippen molar-refractivity contribution in [1.29, 1.82) is 5.41 Å². The van der Waals surface area contributed by atoms with Crippen LogP contribution >= 0.6 is 17.0 Å². The Bertz CT molecular complexity index is 1380. The maximum atomic E-state index is 13.4. The molecule has 0 aliphatic rings. The van der Waals surface area contributed by atoms with E-state index in [0.717, 1.165) is 16.6 Å². The van der Waals surface area contributed by atoms with E-state index in [-0.39, 0.29) is 46.6 Å². The maximum Gasteiger partial charge on any atom is 0.203 e.